The van der Waals surface area contributed by atoms with Crippen LogP contribution < -0.4 is 4.90 Å². The van der Waals surface area contributed by atoms with Crippen molar-refractivity contribution in [2.45, 2.75) is 0 Å². The minimum absolute atomic E-state index is 0.133. The van der Waals surface area contributed by atoms with E-state index in [-0.39, 0.29) is 21.1 Å². The van der Waals surface area contributed by atoms with Crippen molar-refractivity contribution in [3.63, 3.8) is 0 Å². The van der Waals surface area contributed by atoms with E-state index >= 15 is 0 Å². The van der Waals surface area contributed by atoms with Gasteiger partial charge in [0.2, 0.25) is 0 Å². The molecule has 0 spiro atoms. The highest BCUT2D eigenvalue weighted by Crippen LogP contribution is 2.37. The Morgan fingerprint density at radius 2 is 1.70 bits per heavy atom. The largest absolute Gasteiger partial charge is 0.507 e. The molecule has 0 aliphatic carbocycles. The zero-order valence-electron chi connectivity index (χ0n) is 13.4. The molecule has 1 heterocycles. The Morgan fingerprint density at radius 3 is 2.26 bits per heavy atom. The highest BCUT2D eigenvalue weighted by atomic mass is 32.2. The molecule has 1 fully saturated rings. The molecule has 136 valence electrons. The van der Waals surface area contributed by atoms with Crippen LogP contribution in [0.4, 0.5) is 5.69 Å². The Labute approximate surface area is 162 Å². The average molecular weight is 401 g/mol. The topological polar surface area (TPSA) is 115 Å². The van der Waals surface area contributed by atoms with Gasteiger partial charge in [0.05, 0.1) is 16.2 Å². The molecule has 3 N–H and O–H groups in total. The van der Waals surface area contributed by atoms with Gasteiger partial charge in [-0.3, -0.25) is 9.69 Å². The number of amides is 1. The van der Waals surface area contributed by atoms with Gasteiger partial charge in [0.1, 0.15) is 11.3 Å². The Kier molecular flexibility index (Phi) is 4.98. The Bertz CT molecular complexity index is 1010. The van der Waals surface area contributed by atoms with Gasteiger partial charge in [-0.1, -0.05) is 36.1 Å². The average Bonchev–Trinajstić information content (AvgIpc) is 2.88. The van der Waals surface area contributed by atoms with Crippen LogP contribution in [-0.2, 0) is 4.79 Å². The van der Waals surface area contributed by atoms with Crippen molar-refractivity contribution in [1.29, 1.82) is 0 Å². The van der Waals surface area contributed by atoms with Gasteiger partial charge in [-0.25, -0.2) is 9.59 Å². The first kappa shape index (κ1) is 18.6. The standard InChI is InChI=1S/C18H11NO6S2/c20-13-8-11(5-6-12(13)17(24)25)19-15(21)14(27-18(19)26)7-9-1-3-10(4-2-9)16(22)23/h1-8,20H,(H,22,23)(H,24,25)/b14-7-. The van der Waals surface area contributed by atoms with Crippen LogP contribution in [0.1, 0.15) is 26.3 Å². The predicted octanol–water partition coefficient (Wildman–Crippen LogP) is 3.19. The van der Waals surface area contributed by atoms with E-state index in [1.54, 1.807) is 18.2 Å². The van der Waals surface area contributed by atoms with E-state index in [1.807, 2.05) is 0 Å². The Morgan fingerprint density at radius 1 is 1.04 bits per heavy atom. The summed E-state index contributed by atoms with van der Waals surface area (Å²) in [5, 5.41) is 27.7. The van der Waals surface area contributed by atoms with Crippen molar-refractivity contribution in [3.8, 4) is 5.75 Å². The lowest BCUT2D eigenvalue weighted by atomic mass is 10.1. The molecule has 1 aliphatic heterocycles. The van der Waals surface area contributed by atoms with Crippen LogP contribution in [0.15, 0.2) is 47.4 Å². The number of phenols is 1. The summed E-state index contributed by atoms with van der Waals surface area (Å²) >= 11 is 6.28. The minimum Gasteiger partial charge on any atom is -0.507 e. The lowest BCUT2D eigenvalue weighted by molar-refractivity contribution is -0.113. The van der Waals surface area contributed by atoms with Gasteiger partial charge in [-0.15, -0.1) is 0 Å². The first-order valence-corrected chi connectivity index (χ1v) is 8.68. The summed E-state index contributed by atoms with van der Waals surface area (Å²) in [6, 6.07) is 9.75. The Hall–Kier alpha value is -3.17. The monoisotopic (exact) mass is 401 g/mol. The van der Waals surface area contributed by atoms with Crippen LogP contribution in [0.3, 0.4) is 0 Å². The van der Waals surface area contributed by atoms with Gasteiger partial charge in [0, 0.05) is 6.07 Å². The molecule has 2 aromatic rings. The van der Waals surface area contributed by atoms with Crippen LogP contribution in [0.5, 0.6) is 5.75 Å². The molecule has 0 unspecified atom stereocenters. The van der Waals surface area contributed by atoms with Crippen molar-refractivity contribution in [2.24, 2.45) is 0 Å². The molecule has 1 amide bonds. The van der Waals surface area contributed by atoms with Crippen LogP contribution in [0, 0.1) is 0 Å². The third kappa shape index (κ3) is 3.69. The zero-order chi connectivity index (χ0) is 19.7. The summed E-state index contributed by atoms with van der Waals surface area (Å²) in [4.78, 5) is 36.1. The van der Waals surface area contributed by atoms with Gasteiger partial charge in [0.25, 0.3) is 5.91 Å². The van der Waals surface area contributed by atoms with Gasteiger partial charge < -0.3 is 15.3 Å². The third-order valence-corrected chi connectivity index (χ3v) is 5.02. The summed E-state index contributed by atoms with van der Waals surface area (Å²) in [7, 11) is 0. The molecule has 0 radical (unpaired) electrons. The van der Waals surface area contributed by atoms with Crippen molar-refractivity contribution in [2.75, 3.05) is 4.90 Å². The number of anilines is 1. The van der Waals surface area contributed by atoms with Crippen LogP contribution >= 0.6 is 24.0 Å². The quantitative estimate of drug-likeness (QED) is 0.528. The number of rotatable bonds is 4. The fourth-order valence-electron chi connectivity index (χ4n) is 2.40. The number of thiocarbonyl (C=S) groups is 1. The normalized spacial score (nSPS) is 15.4. The Balaban J connectivity index is 1.90. The van der Waals surface area contributed by atoms with Gasteiger partial charge in [-0.05, 0) is 35.9 Å². The molecule has 27 heavy (non-hydrogen) atoms. The second-order valence-corrected chi connectivity index (χ2v) is 7.13. The van der Waals surface area contributed by atoms with E-state index in [4.69, 9.17) is 22.4 Å². The molecule has 9 heteroatoms. The number of carboxylic acids is 2. The molecule has 7 nitrogen and oxygen atoms in total. The molecule has 0 bridgehead atoms. The number of carbonyl (C=O) groups is 3. The van der Waals surface area contributed by atoms with Gasteiger partial charge in [0.15, 0.2) is 4.32 Å². The second kappa shape index (κ2) is 7.22. The van der Waals surface area contributed by atoms with Crippen LogP contribution in [0.25, 0.3) is 6.08 Å². The highest BCUT2D eigenvalue weighted by molar-refractivity contribution is 8.27. The first-order valence-electron chi connectivity index (χ1n) is 7.45. The summed E-state index contributed by atoms with van der Waals surface area (Å²) in [5.41, 5.74) is 0.737. The molecule has 1 saturated heterocycles. The summed E-state index contributed by atoms with van der Waals surface area (Å²) in [6.07, 6.45) is 1.58. The van der Waals surface area contributed by atoms with Gasteiger partial charge >= 0.3 is 11.9 Å². The van der Waals surface area contributed by atoms with Crippen molar-refractivity contribution in [1.82, 2.24) is 0 Å². The van der Waals surface area contributed by atoms with E-state index < -0.39 is 23.6 Å². The van der Waals surface area contributed by atoms with E-state index in [1.165, 1.54) is 35.2 Å². The van der Waals surface area contributed by atoms with Crippen LogP contribution in [-0.4, -0.2) is 37.5 Å². The lowest BCUT2D eigenvalue weighted by Gasteiger charge is -2.15. The second-order valence-electron chi connectivity index (χ2n) is 5.45. The number of hydrogen-bond acceptors (Lipinski definition) is 6. The lowest BCUT2D eigenvalue weighted by Crippen LogP contribution is -2.27. The molecule has 0 atom stereocenters. The maximum absolute atomic E-state index is 12.7. The van der Waals surface area contributed by atoms with Crippen molar-refractivity contribution >= 4 is 57.9 Å². The molecular weight excluding hydrogens is 390 g/mol. The predicted molar refractivity (Wildman–Crippen MR) is 104 cm³/mol. The smallest absolute Gasteiger partial charge is 0.339 e. The molecule has 3 rings (SSSR count). The fraction of sp³-hybridized carbons (Fsp3) is 0. The SMILES string of the molecule is O=C(O)c1ccc(/C=C2\SC(=S)N(c3ccc(C(=O)O)c(O)c3)C2=O)cc1. The number of carboxylic acid groups (broad SMARTS) is 2. The van der Waals surface area contributed by atoms with E-state index in [9.17, 15) is 19.5 Å². The molecule has 1 aliphatic rings. The summed E-state index contributed by atoms with van der Waals surface area (Å²) < 4.78 is 0.232. The number of nitrogens with zero attached hydrogens (tertiary/aromatic N) is 1. The minimum atomic E-state index is -1.28. The van der Waals surface area contributed by atoms with Gasteiger partial charge in [-0.2, -0.15) is 0 Å². The highest BCUT2D eigenvalue weighted by Gasteiger charge is 2.33. The first-order chi connectivity index (χ1) is 12.8. The molecular formula is C18H11NO6S2. The van der Waals surface area contributed by atoms with E-state index in [0.29, 0.717) is 10.5 Å². The van der Waals surface area contributed by atoms with E-state index in [2.05, 4.69) is 0 Å². The fourth-order valence-corrected chi connectivity index (χ4v) is 3.70. The maximum atomic E-state index is 12.7. The zero-order valence-corrected chi connectivity index (χ0v) is 15.1. The molecule has 2 aromatic carbocycles. The van der Waals surface area contributed by atoms with E-state index in [0.717, 1.165) is 11.8 Å². The third-order valence-electron chi connectivity index (χ3n) is 3.72. The molecule has 0 saturated carbocycles. The number of aromatic hydroxyl groups is 1. The number of aromatic carboxylic acids is 2. The maximum Gasteiger partial charge on any atom is 0.339 e. The van der Waals surface area contributed by atoms with Crippen molar-refractivity contribution in [3.05, 3.63) is 64.1 Å². The number of thioether (sulfide) groups is 1. The summed E-state index contributed by atoms with van der Waals surface area (Å²) in [5.74, 6) is -3.22. The molecule has 0 aromatic heterocycles. The number of benzene rings is 2. The van der Waals surface area contributed by atoms with Crippen molar-refractivity contribution < 1.29 is 29.7 Å². The van der Waals surface area contributed by atoms with Crippen LogP contribution in [0.2, 0.25) is 0 Å². The number of carbonyl (C=O) groups excluding carboxylic acids is 1. The number of hydrogen-bond donors (Lipinski definition) is 3. The summed E-state index contributed by atoms with van der Waals surface area (Å²) in [6.45, 7) is 0.